The maximum absolute atomic E-state index is 12.5. The topological polar surface area (TPSA) is 75.3 Å². The summed E-state index contributed by atoms with van der Waals surface area (Å²) in [6.07, 6.45) is 0. The van der Waals surface area contributed by atoms with Crippen molar-refractivity contribution in [2.24, 2.45) is 0 Å². The predicted octanol–water partition coefficient (Wildman–Crippen LogP) is 5.46. The second-order valence-corrected chi connectivity index (χ2v) is 10.2. The number of anilines is 1. The minimum atomic E-state index is -3.76. The van der Waals surface area contributed by atoms with E-state index in [0.717, 1.165) is 11.3 Å². The number of halogens is 2. The summed E-state index contributed by atoms with van der Waals surface area (Å²) in [5, 5.41) is 3.76. The summed E-state index contributed by atoms with van der Waals surface area (Å²) in [5.74, 6) is 1.16. The fourth-order valence-electron chi connectivity index (χ4n) is 2.68. The molecule has 0 aliphatic heterocycles. The quantitative estimate of drug-likeness (QED) is 0.387. The molecule has 5 nitrogen and oxygen atoms in total. The van der Waals surface area contributed by atoms with Gasteiger partial charge in [-0.2, -0.15) is 11.8 Å². The van der Waals surface area contributed by atoms with Gasteiger partial charge >= 0.3 is 0 Å². The van der Waals surface area contributed by atoms with E-state index in [9.17, 15) is 13.2 Å². The van der Waals surface area contributed by atoms with Crippen LogP contribution in [0.15, 0.2) is 77.7 Å². The number of rotatable bonds is 9. The predicted molar refractivity (Wildman–Crippen MR) is 129 cm³/mol. The van der Waals surface area contributed by atoms with Gasteiger partial charge in [-0.05, 0) is 48.0 Å². The lowest BCUT2D eigenvalue weighted by atomic mass is 10.2. The number of hydrogen-bond acceptors (Lipinski definition) is 4. The molecule has 0 aliphatic carbocycles. The van der Waals surface area contributed by atoms with Gasteiger partial charge in [0.15, 0.2) is 0 Å². The van der Waals surface area contributed by atoms with Crippen LogP contribution in [0.25, 0.3) is 0 Å². The zero-order valence-electron chi connectivity index (χ0n) is 16.3. The summed E-state index contributed by atoms with van der Waals surface area (Å²) in [7, 11) is -3.76. The Bertz CT molecular complexity index is 1140. The molecular weight excluding hydrogens is 475 g/mol. The number of hydrogen-bond donors (Lipinski definition) is 2. The van der Waals surface area contributed by atoms with Crippen molar-refractivity contribution in [3.05, 3.63) is 94.0 Å². The first-order valence-corrected chi connectivity index (χ1v) is 12.7. The fraction of sp³-hybridized carbons (Fsp3) is 0.136. The number of carbonyl (C=O) groups is 1. The number of thioether (sulfide) groups is 1. The van der Waals surface area contributed by atoms with E-state index in [1.807, 2.05) is 24.3 Å². The molecule has 31 heavy (non-hydrogen) atoms. The van der Waals surface area contributed by atoms with Gasteiger partial charge in [-0.1, -0.05) is 53.5 Å². The molecule has 0 radical (unpaired) electrons. The Morgan fingerprint density at radius 3 is 2.35 bits per heavy atom. The second-order valence-electron chi connectivity index (χ2n) is 6.55. The van der Waals surface area contributed by atoms with Crippen molar-refractivity contribution in [1.29, 1.82) is 0 Å². The fourth-order valence-corrected chi connectivity index (χ4v) is 4.90. The van der Waals surface area contributed by atoms with E-state index in [1.165, 1.54) is 30.3 Å². The van der Waals surface area contributed by atoms with Gasteiger partial charge in [0.1, 0.15) is 0 Å². The van der Waals surface area contributed by atoms with Crippen LogP contribution in [0.2, 0.25) is 10.0 Å². The molecule has 0 aliphatic rings. The third-order valence-electron chi connectivity index (χ3n) is 4.23. The van der Waals surface area contributed by atoms with Gasteiger partial charge in [0.25, 0.3) is 15.9 Å². The van der Waals surface area contributed by atoms with E-state index in [-0.39, 0.29) is 27.1 Å². The molecule has 3 aromatic rings. The highest BCUT2D eigenvalue weighted by molar-refractivity contribution is 7.98. The molecule has 0 aromatic heterocycles. The molecule has 0 bridgehead atoms. The molecule has 3 aromatic carbocycles. The summed E-state index contributed by atoms with van der Waals surface area (Å²) >= 11 is 13.7. The van der Waals surface area contributed by atoms with Crippen LogP contribution in [0, 0.1) is 0 Å². The normalized spacial score (nSPS) is 11.2. The van der Waals surface area contributed by atoms with E-state index in [1.54, 1.807) is 30.0 Å². The molecule has 1 amide bonds. The Labute approximate surface area is 196 Å². The summed E-state index contributed by atoms with van der Waals surface area (Å²) in [6.45, 7) is 0.452. The van der Waals surface area contributed by atoms with Crippen molar-refractivity contribution in [3.8, 4) is 0 Å². The highest BCUT2D eigenvalue weighted by Crippen LogP contribution is 2.23. The van der Waals surface area contributed by atoms with Gasteiger partial charge < -0.3 is 5.32 Å². The Hall–Kier alpha value is -2.19. The third-order valence-corrected chi connectivity index (χ3v) is 7.24. The molecule has 0 saturated carbocycles. The first-order chi connectivity index (χ1) is 14.8. The first kappa shape index (κ1) is 23.5. The minimum Gasteiger partial charge on any atom is -0.351 e. The molecule has 0 saturated heterocycles. The van der Waals surface area contributed by atoms with Gasteiger partial charge in [-0.15, -0.1) is 0 Å². The van der Waals surface area contributed by atoms with E-state index in [4.69, 9.17) is 23.2 Å². The van der Waals surface area contributed by atoms with Crippen LogP contribution in [-0.4, -0.2) is 26.6 Å². The molecule has 9 heteroatoms. The molecular formula is C22H20Cl2N2O3S2. The summed E-state index contributed by atoms with van der Waals surface area (Å²) < 4.78 is 27.5. The van der Waals surface area contributed by atoms with Gasteiger partial charge in [-0.3, -0.25) is 9.52 Å². The molecule has 3 rings (SSSR count). The summed E-state index contributed by atoms with van der Waals surface area (Å²) in [5.41, 5.74) is 1.62. The van der Waals surface area contributed by atoms with Crippen molar-refractivity contribution in [3.63, 3.8) is 0 Å². The zero-order chi connectivity index (χ0) is 22.3. The average molecular weight is 495 g/mol. The highest BCUT2D eigenvalue weighted by Gasteiger charge is 2.16. The summed E-state index contributed by atoms with van der Waals surface area (Å²) in [6, 6.07) is 20.1. The van der Waals surface area contributed by atoms with Crippen molar-refractivity contribution >= 4 is 56.6 Å². The van der Waals surface area contributed by atoms with Gasteiger partial charge in [-0.25, -0.2) is 8.42 Å². The molecule has 0 atom stereocenters. The van der Waals surface area contributed by atoms with Crippen LogP contribution < -0.4 is 10.0 Å². The third kappa shape index (κ3) is 6.90. The average Bonchev–Trinajstić information content (AvgIpc) is 2.76. The maximum atomic E-state index is 12.5. The van der Waals surface area contributed by atoms with Crippen molar-refractivity contribution < 1.29 is 13.2 Å². The minimum absolute atomic E-state index is 0.133. The molecule has 162 valence electrons. The molecule has 0 fully saturated rings. The van der Waals surface area contributed by atoms with Crippen LogP contribution in [0.3, 0.4) is 0 Å². The van der Waals surface area contributed by atoms with Crippen LogP contribution in [0.5, 0.6) is 0 Å². The molecule has 2 N–H and O–H groups in total. The van der Waals surface area contributed by atoms with Crippen LogP contribution in [-0.2, 0) is 15.8 Å². The number of amides is 1. The smallest absolute Gasteiger partial charge is 0.261 e. The van der Waals surface area contributed by atoms with Gasteiger partial charge in [0.05, 0.1) is 15.5 Å². The monoisotopic (exact) mass is 494 g/mol. The van der Waals surface area contributed by atoms with Crippen molar-refractivity contribution in [2.45, 2.75) is 10.6 Å². The van der Waals surface area contributed by atoms with E-state index < -0.39 is 10.0 Å². The molecule has 0 spiro atoms. The number of nitrogens with one attached hydrogen (secondary N) is 2. The van der Waals surface area contributed by atoms with Crippen LogP contribution in [0.1, 0.15) is 15.9 Å². The van der Waals surface area contributed by atoms with Crippen molar-refractivity contribution in [2.75, 3.05) is 17.0 Å². The SMILES string of the molecule is O=C(NCCSCc1ccc(Cl)cc1)c1cc(NS(=O)(=O)c2ccccc2)ccc1Cl. The van der Waals surface area contributed by atoms with E-state index in [0.29, 0.717) is 17.3 Å². The van der Waals surface area contributed by atoms with Crippen molar-refractivity contribution in [1.82, 2.24) is 5.32 Å². The number of sulfonamides is 1. The second kappa shape index (κ2) is 10.9. The van der Waals surface area contributed by atoms with Gasteiger partial charge in [0.2, 0.25) is 0 Å². The van der Waals surface area contributed by atoms with Gasteiger partial charge in [0, 0.05) is 28.8 Å². The number of carbonyl (C=O) groups excluding carboxylic acids is 1. The zero-order valence-corrected chi connectivity index (χ0v) is 19.5. The van der Waals surface area contributed by atoms with Crippen LogP contribution >= 0.6 is 35.0 Å². The Balaban J connectivity index is 1.55. The van der Waals surface area contributed by atoms with Crippen LogP contribution in [0.4, 0.5) is 5.69 Å². The maximum Gasteiger partial charge on any atom is 0.261 e. The first-order valence-electron chi connectivity index (χ1n) is 9.33. The Morgan fingerprint density at radius 1 is 0.935 bits per heavy atom. The lowest BCUT2D eigenvalue weighted by Gasteiger charge is -2.11. The largest absolute Gasteiger partial charge is 0.351 e. The highest BCUT2D eigenvalue weighted by atomic mass is 35.5. The lowest BCUT2D eigenvalue weighted by molar-refractivity contribution is 0.0956. The molecule has 0 heterocycles. The lowest BCUT2D eigenvalue weighted by Crippen LogP contribution is -2.26. The standard InChI is InChI=1S/C22H20Cl2N2O3S2/c23-17-8-6-16(7-9-17)15-30-13-12-25-22(27)20-14-18(10-11-21(20)24)26-31(28,29)19-4-2-1-3-5-19/h1-11,14,26H,12-13,15H2,(H,25,27). The Morgan fingerprint density at radius 2 is 1.65 bits per heavy atom. The van der Waals surface area contributed by atoms with E-state index >= 15 is 0 Å². The summed E-state index contributed by atoms with van der Waals surface area (Å²) in [4.78, 5) is 12.7. The Kier molecular flexibility index (Phi) is 8.26. The van der Waals surface area contributed by atoms with E-state index in [2.05, 4.69) is 10.0 Å². The number of benzene rings is 3. The molecule has 0 unspecified atom stereocenters.